The molecule has 0 saturated heterocycles. The Labute approximate surface area is 170 Å². The van der Waals surface area contributed by atoms with E-state index in [1.54, 1.807) is 17.0 Å². The fraction of sp³-hybridized carbons (Fsp3) is 0.476. The lowest BCUT2D eigenvalue weighted by atomic mass is 10.1. The minimum absolute atomic E-state index is 0.0228. The van der Waals surface area contributed by atoms with Crippen LogP contribution < -0.4 is 5.32 Å². The lowest BCUT2D eigenvalue weighted by Gasteiger charge is -2.23. The molecule has 0 bridgehead atoms. The molecule has 1 aromatic heterocycles. The summed E-state index contributed by atoms with van der Waals surface area (Å²) in [6.07, 6.45) is 2.66. The van der Waals surface area contributed by atoms with Crippen LogP contribution >= 0.6 is 11.6 Å². The number of aromatic nitrogens is 1. The first-order chi connectivity index (χ1) is 13.4. The summed E-state index contributed by atoms with van der Waals surface area (Å²) in [6.45, 7) is 5.70. The molecule has 150 valence electrons. The van der Waals surface area contributed by atoms with Crippen molar-refractivity contribution in [2.24, 2.45) is 11.8 Å². The van der Waals surface area contributed by atoms with Crippen molar-refractivity contribution in [2.45, 2.75) is 33.1 Å². The smallest absolute Gasteiger partial charge is 0.276 e. The van der Waals surface area contributed by atoms with E-state index in [2.05, 4.69) is 10.5 Å². The highest BCUT2D eigenvalue weighted by atomic mass is 35.5. The van der Waals surface area contributed by atoms with Crippen molar-refractivity contribution in [1.82, 2.24) is 15.4 Å². The molecule has 1 heterocycles. The maximum absolute atomic E-state index is 12.9. The van der Waals surface area contributed by atoms with E-state index >= 15 is 0 Å². The van der Waals surface area contributed by atoms with E-state index in [-0.39, 0.29) is 29.8 Å². The second-order valence-corrected chi connectivity index (χ2v) is 8.11. The van der Waals surface area contributed by atoms with Gasteiger partial charge < -0.3 is 14.7 Å². The highest BCUT2D eigenvalue weighted by molar-refractivity contribution is 6.33. The number of hydrogen-bond acceptors (Lipinski definition) is 4. The highest BCUT2D eigenvalue weighted by Gasteiger charge is 2.24. The Morgan fingerprint density at radius 3 is 2.75 bits per heavy atom. The van der Waals surface area contributed by atoms with Crippen molar-refractivity contribution in [3.05, 3.63) is 41.0 Å². The largest absolute Gasteiger partial charge is 0.356 e. The van der Waals surface area contributed by atoms with Crippen molar-refractivity contribution in [2.75, 3.05) is 19.6 Å². The molecule has 1 aliphatic carbocycles. The van der Waals surface area contributed by atoms with E-state index < -0.39 is 0 Å². The standard InChI is InChI=1S/C21H26ClN3O3/c1-14(2)13-25(10-9-20(26)23-12-15-7-8-15)21(27)18-11-19(28-24-18)16-5-3-4-6-17(16)22/h3-6,11,14-15H,7-10,12-13H2,1-2H3,(H,23,26). The number of amides is 2. The Morgan fingerprint density at radius 1 is 1.32 bits per heavy atom. The van der Waals surface area contributed by atoms with Gasteiger partial charge in [0.05, 0.1) is 5.02 Å². The monoisotopic (exact) mass is 403 g/mol. The number of nitrogens with one attached hydrogen (secondary N) is 1. The van der Waals surface area contributed by atoms with Crippen LogP contribution in [0.15, 0.2) is 34.9 Å². The van der Waals surface area contributed by atoms with Gasteiger partial charge in [0, 0.05) is 37.7 Å². The molecule has 2 aromatic rings. The number of benzene rings is 1. The van der Waals surface area contributed by atoms with E-state index in [1.807, 2.05) is 32.0 Å². The van der Waals surface area contributed by atoms with Gasteiger partial charge in [-0.1, -0.05) is 42.7 Å². The molecule has 1 aliphatic rings. The molecular weight excluding hydrogens is 378 g/mol. The highest BCUT2D eigenvalue weighted by Crippen LogP contribution is 2.28. The zero-order chi connectivity index (χ0) is 20.1. The lowest BCUT2D eigenvalue weighted by Crippen LogP contribution is -2.38. The predicted molar refractivity (Wildman–Crippen MR) is 108 cm³/mol. The van der Waals surface area contributed by atoms with Crippen LogP contribution in [0.3, 0.4) is 0 Å². The van der Waals surface area contributed by atoms with Gasteiger partial charge in [-0.15, -0.1) is 0 Å². The Hall–Kier alpha value is -2.34. The minimum Gasteiger partial charge on any atom is -0.356 e. The normalized spacial score (nSPS) is 13.6. The molecule has 3 rings (SSSR count). The van der Waals surface area contributed by atoms with Crippen LogP contribution in [0.5, 0.6) is 0 Å². The summed E-state index contributed by atoms with van der Waals surface area (Å²) in [5.74, 6) is 1.08. The molecule has 1 saturated carbocycles. The third-order valence-electron chi connectivity index (χ3n) is 4.63. The van der Waals surface area contributed by atoms with Gasteiger partial charge in [-0.2, -0.15) is 0 Å². The van der Waals surface area contributed by atoms with Crippen LogP contribution in [0.4, 0.5) is 0 Å². The summed E-state index contributed by atoms with van der Waals surface area (Å²) < 4.78 is 5.34. The van der Waals surface area contributed by atoms with Crippen molar-refractivity contribution in [3.8, 4) is 11.3 Å². The zero-order valence-corrected chi connectivity index (χ0v) is 17.0. The average molecular weight is 404 g/mol. The first-order valence-electron chi connectivity index (χ1n) is 9.71. The quantitative estimate of drug-likeness (QED) is 0.686. The summed E-state index contributed by atoms with van der Waals surface area (Å²) >= 11 is 6.19. The van der Waals surface area contributed by atoms with Crippen LogP contribution in [-0.4, -0.2) is 41.5 Å². The van der Waals surface area contributed by atoms with E-state index in [9.17, 15) is 9.59 Å². The molecular formula is C21H26ClN3O3. The molecule has 2 amide bonds. The molecule has 6 nitrogen and oxygen atoms in total. The van der Waals surface area contributed by atoms with Gasteiger partial charge >= 0.3 is 0 Å². The fourth-order valence-electron chi connectivity index (χ4n) is 2.95. The lowest BCUT2D eigenvalue weighted by molar-refractivity contribution is -0.121. The summed E-state index contributed by atoms with van der Waals surface area (Å²) in [6, 6.07) is 8.84. The molecule has 1 aromatic carbocycles. The molecule has 7 heteroatoms. The Bertz CT molecular complexity index is 830. The molecule has 1 N–H and O–H groups in total. The second kappa shape index (κ2) is 9.24. The Balaban J connectivity index is 1.65. The first kappa shape index (κ1) is 20.4. The van der Waals surface area contributed by atoms with Gasteiger partial charge in [-0.05, 0) is 36.8 Å². The van der Waals surface area contributed by atoms with Crippen molar-refractivity contribution in [1.29, 1.82) is 0 Å². The van der Waals surface area contributed by atoms with Crippen LogP contribution in [0.2, 0.25) is 5.02 Å². The summed E-state index contributed by atoms with van der Waals surface area (Å²) in [5, 5.41) is 7.40. The van der Waals surface area contributed by atoms with Gasteiger partial charge in [0.1, 0.15) is 0 Å². The van der Waals surface area contributed by atoms with Crippen LogP contribution in [0.1, 0.15) is 43.6 Å². The number of halogens is 1. The summed E-state index contributed by atoms with van der Waals surface area (Å²) in [7, 11) is 0. The van der Waals surface area contributed by atoms with Gasteiger partial charge in [-0.3, -0.25) is 9.59 Å². The number of nitrogens with zero attached hydrogens (tertiary/aromatic N) is 2. The molecule has 0 atom stereocenters. The van der Waals surface area contributed by atoms with Gasteiger partial charge in [0.2, 0.25) is 5.91 Å². The molecule has 0 spiro atoms. The first-order valence-corrected chi connectivity index (χ1v) is 10.1. The van der Waals surface area contributed by atoms with Gasteiger partial charge in [0.15, 0.2) is 11.5 Å². The van der Waals surface area contributed by atoms with E-state index in [0.29, 0.717) is 35.4 Å². The molecule has 28 heavy (non-hydrogen) atoms. The maximum Gasteiger partial charge on any atom is 0.276 e. The Morgan fingerprint density at radius 2 is 2.07 bits per heavy atom. The SMILES string of the molecule is CC(C)CN(CCC(=O)NCC1CC1)C(=O)c1cc(-c2ccccc2Cl)on1. The second-order valence-electron chi connectivity index (χ2n) is 7.70. The van der Waals surface area contributed by atoms with E-state index in [0.717, 1.165) is 6.54 Å². The van der Waals surface area contributed by atoms with Crippen molar-refractivity contribution in [3.63, 3.8) is 0 Å². The molecule has 1 fully saturated rings. The third-order valence-corrected chi connectivity index (χ3v) is 4.96. The zero-order valence-electron chi connectivity index (χ0n) is 16.3. The number of rotatable bonds is 9. The topological polar surface area (TPSA) is 75.4 Å². The minimum atomic E-state index is -0.245. The van der Waals surface area contributed by atoms with Crippen LogP contribution in [0.25, 0.3) is 11.3 Å². The average Bonchev–Trinajstić information content (AvgIpc) is 3.37. The fourth-order valence-corrected chi connectivity index (χ4v) is 3.18. The van der Waals surface area contributed by atoms with Gasteiger partial charge in [0.25, 0.3) is 5.91 Å². The summed E-state index contributed by atoms with van der Waals surface area (Å²) in [4.78, 5) is 26.7. The van der Waals surface area contributed by atoms with Crippen LogP contribution in [0, 0.1) is 11.8 Å². The third kappa shape index (κ3) is 5.58. The van der Waals surface area contributed by atoms with Gasteiger partial charge in [-0.25, -0.2) is 0 Å². The predicted octanol–water partition coefficient (Wildman–Crippen LogP) is 4.01. The Kier molecular flexibility index (Phi) is 6.73. The number of carbonyl (C=O) groups excluding carboxylic acids is 2. The number of carbonyl (C=O) groups is 2. The maximum atomic E-state index is 12.9. The molecule has 0 aliphatic heterocycles. The molecule has 0 unspecified atom stereocenters. The van der Waals surface area contributed by atoms with Crippen molar-refractivity contribution >= 4 is 23.4 Å². The van der Waals surface area contributed by atoms with Crippen molar-refractivity contribution < 1.29 is 14.1 Å². The van der Waals surface area contributed by atoms with E-state index in [4.69, 9.17) is 16.1 Å². The summed E-state index contributed by atoms with van der Waals surface area (Å²) in [5.41, 5.74) is 0.902. The van der Waals surface area contributed by atoms with Crippen LogP contribution in [-0.2, 0) is 4.79 Å². The molecule has 0 radical (unpaired) electrons. The van der Waals surface area contributed by atoms with E-state index in [1.165, 1.54) is 12.8 Å². The number of hydrogen-bond donors (Lipinski definition) is 1.